The van der Waals surface area contributed by atoms with Gasteiger partial charge in [0.05, 0.1) is 22.2 Å². The van der Waals surface area contributed by atoms with Gasteiger partial charge in [0.2, 0.25) is 0 Å². The van der Waals surface area contributed by atoms with Crippen LogP contribution in [0.25, 0.3) is 33.3 Å². The van der Waals surface area contributed by atoms with Crippen LogP contribution >= 0.6 is 0 Å². The SMILES string of the molecule is O=c1[nH]c2ccccc2c(NCc2ccncc2)c1-c1nc2ccccc2[nH]1. The molecule has 28 heavy (non-hydrogen) atoms. The smallest absolute Gasteiger partial charge is 0.261 e. The molecule has 0 spiro atoms. The number of rotatable bonds is 4. The number of nitrogens with one attached hydrogen (secondary N) is 3. The van der Waals surface area contributed by atoms with Gasteiger partial charge in [-0.2, -0.15) is 0 Å². The summed E-state index contributed by atoms with van der Waals surface area (Å²) in [5, 5.41) is 4.39. The third-order valence-corrected chi connectivity index (χ3v) is 4.77. The van der Waals surface area contributed by atoms with Crippen molar-refractivity contribution in [3.8, 4) is 11.4 Å². The summed E-state index contributed by atoms with van der Waals surface area (Å²) < 4.78 is 0. The maximum atomic E-state index is 13.0. The van der Waals surface area contributed by atoms with E-state index in [-0.39, 0.29) is 5.56 Å². The Labute approximate surface area is 160 Å². The highest BCUT2D eigenvalue weighted by Crippen LogP contribution is 2.31. The molecule has 0 atom stereocenters. The topological polar surface area (TPSA) is 86.5 Å². The monoisotopic (exact) mass is 367 g/mol. The van der Waals surface area contributed by atoms with Gasteiger partial charge < -0.3 is 15.3 Å². The number of H-pyrrole nitrogens is 2. The van der Waals surface area contributed by atoms with Gasteiger partial charge in [-0.1, -0.05) is 30.3 Å². The van der Waals surface area contributed by atoms with E-state index in [0.29, 0.717) is 17.9 Å². The van der Waals surface area contributed by atoms with Gasteiger partial charge in [-0.25, -0.2) is 4.98 Å². The Morgan fingerprint density at radius 3 is 2.43 bits per heavy atom. The fourth-order valence-corrected chi connectivity index (χ4v) is 3.41. The number of hydrogen-bond donors (Lipinski definition) is 3. The number of anilines is 1. The summed E-state index contributed by atoms with van der Waals surface area (Å²) in [5.74, 6) is 0.547. The highest BCUT2D eigenvalue weighted by Gasteiger charge is 2.17. The summed E-state index contributed by atoms with van der Waals surface area (Å²) in [4.78, 5) is 27.9. The molecule has 6 nitrogen and oxygen atoms in total. The van der Waals surface area contributed by atoms with Crippen molar-refractivity contribution in [1.82, 2.24) is 19.9 Å². The van der Waals surface area contributed by atoms with Gasteiger partial charge in [0.25, 0.3) is 5.56 Å². The minimum Gasteiger partial charge on any atom is -0.380 e. The fourth-order valence-electron chi connectivity index (χ4n) is 3.41. The fraction of sp³-hybridized carbons (Fsp3) is 0.0455. The predicted octanol–water partition coefficient (Wildman–Crippen LogP) is 4.08. The average molecular weight is 367 g/mol. The number of nitrogens with zero attached hydrogens (tertiary/aromatic N) is 2. The van der Waals surface area contributed by atoms with Gasteiger partial charge >= 0.3 is 0 Å². The van der Waals surface area contributed by atoms with E-state index >= 15 is 0 Å². The summed E-state index contributed by atoms with van der Waals surface area (Å²) in [6.07, 6.45) is 3.51. The first-order chi connectivity index (χ1) is 13.8. The van der Waals surface area contributed by atoms with Crippen LogP contribution in [0.2, 0.25) is 0 Å². The number of aromatic nitrogens is 4. The van der Waals surface area contributed by atoms with Gasteiger partial charge in [-0.15, -0.1) is 0 Å². The third kappa shape index (κ3) is 2.81. The molecule has 6 heteroatoms. The largest absolute Gasteiger partial charge is 0.380 e. The lowest BCUT2D eigenvalue weighted by Crippen LogP contribution is -2.14. The highest BCUT2D eigenvalue weighted by atomic mass is 16.1. The maximum absolute atomic E-state index is 13.0. The number of pyridine rings is 2. The number of hydrogen-bond acceptors (Lipinski definition) is 4. The van der Waals surface area contributed by atoms with Crippen molar-refractivity contribution in [2.24, 2.45) is 0 Å². The number of para-hydroxylation sites is 3. The van der Waals surface area contributed by atoms with Gasteiger partial charge in [0.15, 0.2) is 0 Å². The van der Waals surface area contributed by atoms with Crippen LogP contribution in [0.3, 0.4) is 0 Å². The molecule has 3 N–H and O–H groups in total. The standard InChI is InChI=1S/C22H17N5O/c28-22-19(21-25-17-7-3-4-8-18(17)26-21)20(15-5-1-2-6-16(15)27-22)24-13-14-9-11-23-12-10-14/h1-12H,13H2,(H,25,26)(H2,24,27,28). The second-order valence-electron chi connectivity index (χ2n) is 6.56. The lowest BCUT2D eigenvalue weighted by Gasteiger charge is -2.13. The molecule has 3 aromatic heterocycles. The van der Waals surface area contributed by atoms with E-state index in [9.17, 15) is 4.79 Å². The Kier molecular flexibility index (Phi) is 3.87. The second kappa shape index (κ2) is 6.66. The Bertz CT molecular complexity index is 1300. The zero-order chi connectivity index (χ0) is 18.9. The maximum Gasteiger partial charge on any atom is 0.261 e. The molecule has 0 saturated carbocycles. The summed E-state index contributed by atoms with van der Waals surface area (Å²) in [6.45, 7) is 0.573. The highest BCUT2D eigenvalue weighted by molar-refractivity contribution is 5.99. The molecule has 0 fully saturated rings. The predicted molar refractivity (Wildman–Crippen MR) is 111 cm³/mol. The molecule has 3 heterocycles. The number of imidazole rings is 1. The van der Waals surface area contributed by atoms with Crippen LogP contribution < -0.4 is 10.9 Å². The summed E-state index contributed by atoms with van der Waals surface area (Å²) in [5.41, 5.74) is 4.66. The molecule has 0 bridgehead atoms. The van der Waals surface area contributed by atoms with Crippen molar-refractivity contribution in [3.05, 3.63) is 89.0 Å². The van der Waals surface area contributed by atoms with Gasteiger partial charge in [0, 0.05) is 24.3 Å². The van der Waals surface area contributed by atoms with Crippen molar-refractivity contribution in [2.75, 3.05) is 5.32 Å². The van der Waals surface area contributed by atoms with E-state index in [2.05, 4.69) is 25.3 Å². The molecule has 2 aromatic carbocycles. The third-order valence-electron chi connectivity index (χ3n) is 4.77. The Morgan fingerprint density at radius 1 is 0.857 bits per heavy atom. The molecular formula is C22H17N5O. The summed E-state index contributed by atoms with van der Waals surface area (Å²) >= 11 is 0. The summed E-state index contributed by atoms with van der Waals surface area (Å²) in [6, 6.07) is 19.4. The zero-order valence-electron chi connectivity index (χ0n) is 14.9. The molecule has 0 saturated heterocycles. The lowest BCUT2D eigenvalue weighted by atomic mass is 10.1. The minimum absolute atomic E-state index is 0.185. The normalized spacial score (nSPS) is 11.1. The molecule has 0 unspecified atom stereocenters. The first-order valence-corrected chi connectivity index (χ1v) is 9.02. The van der Waals surface area contributed by atoms with Crippen LogP contribution in [-0.4, -0.2) is 19.9 Å². The van der Waals surface area contributed by atoms with Gasteiger partial charge in [-0.3, -0.25) is 9.78 Å². The molecule has 0 aliphatic heterocycles. The van der Waals surface area contributed by atoms with E-state index in [0.717, 1.165) is 33.2 Å². The van der Waals surface area contributed by atoms with Crippen LogP contribution in [0.1, 0.15) is 5.56 Å². The Balaban J connectivity index is 1.70. The quantitative estimate of drug-likeness (QED) is 0.447. The molecule has 0 amide bonds. The van der Waals surface area contributed by atoms with E-state index < -0.39 is 0 Å². The Morgan fingerprint density at radius 2 is 1.61 bits per heavy atom. The van der Waals surface area contributed by atoms with Crippen molar-refractivity contribution in [2.45, 2.75) is 6.54 Å². The second-order valence-corrected chi connectivity index (χ2v) is 6.56. The van der Waals surface area contributed by atoms with Crippen molar-refractivity contribution in [1.29, 1.82) is 0 Å². The number of fused-ring (bicyclic) bond motifs is 2. The average Bonchev–Trinajstić information content (AvgIpc) is 3.16. The van der Waals surface area contributed by atoms with Crippen molar-refractivity contribution in [3.63, 3.8) is 0 Å². The number of benzene rings is 2. The van der Waals surface area contributed by atoms with Gasteiger partial charge in [0.1, 0.15) is 11.4 Å². The van der Waals surface area contributed by atoms with Crippen LogP contribution in [0, 0.1) is 0 Å². The van der Waals surface area contributed by atoms with Crippen molar-refractivity contribution < 1.29 is 0 Å². The first kappa shape index (κ1) is 16.3. The molecule has 0 aliphatic rings. The van der Waals surface area contributed by atoms with Crippen molar-refractivity contribution >= 4 is 27.6 Å². The molecule has 136 valence electrons. The molecule has 0 aliphatic carbocycles. The van der Waals surface area contributed by atoms with Crippen LogP contribution in [-0.2, 0) is 6.54 Å². The molecule has 5 aromatic rings. The van der Waals surface area contributed by atoms with Crippen LogP contribution in [0.15, 0.2) is 77.9 Å². The van der Waals surface area contributed by atoms with E-state index in [4.69, 9.17) is 0 Å². The van der Waals surface area contributed by atoms with Gasteiger partial charge in [-0.05, 0) is 35.9 Å². The van der Waals surface area contributed by atoms with E-state index in [1.54, 1.807) is 12.4 Å². The van der Waals surface area contributed by atoms with Crippen LogP contribution in [0.5, 0.6) is 0 Å². The first-order valence-electron chi connectivity index (χ1n) is 9.02. The van der Waals surface area contributed by atoms with E-state index in [1.807, 2.05) is 60.7 Å². The summed E-state index contributed by atoms with van der Waals surface area (Å²) in [7, 11) is 0. The molecular weight excluding hydrogens is 350 g/mol. The number of aromatic amines is 2. The minimum atomic E-state index is -0.185. The van der Waals surface area contributed by atoms with E-state index in [1.165, 1.54) is 0 Å². The zero-order valence-corrected chi connectivity index (χ0v) is 14.9. The molecule has 5 rings (SSSR count). The Hall–Kier alpha value is -3.93. The van der Waals surface area contributed by atoms with Crippen LogP contribution in [0.4, 0.5) is 5.69 Å². The molecule has 0 radical (unpaired) electrons. The lowest BCUT2D eigenvalue weighted by molar-refractivity contribution is 1.12.